The molecule has 7 nitrogen and oxygen atoms in total. The summed E-state index contributed by atoms with van der Waals surface area (Å²) in [5.41, 5.74) is 0.176. The van der Waals surface area contributed by atoms with E-state index in [0.717, 1.165) is 31.7 Å². The summed E-state index contributed by atoms with van der Waals surface area (Å²) in [5.74, 6) is 0.743. The minimum Gasteiger partial charge on any atom is -0.393 e. The molecule has 0 saturated carbocycles. The number of H-pyrrole nitrogens is 1. The summed E-state index contributed by atoms with van der Waals surface area (Å²) in [6, 6.07) is 3.60. The Hall–Kier alpha value is -1.89. The highest BCUT2D eigenvalue weighted by Gasteiger charge is 2.18. The molecule has 0 radical (unpaired) electrons. The first-order chi connectivity index (χ1) is 8.24. The van der Waals surface area contributed by atoms with Crippen molar-refractivity contribution in [2.24, 2.45) is 0 Å². The van der Waals surface area contributed by atoms with E-state index in [1.165, 1.54) is 4.52 Å². The Morgan fingerprint density at radius 2 is 2.12 bits per heavy atom. The van der Waals surface area contributed by atoms with Crippen molar-refractivity contribution in [3.8, 4) is 0 Å². The van der Waals surface area contributed by atoms with Crippen LogP contribution in [0.5, 0.6) is 0 Å². The van der Waals surface area contributed by atoms with Gasteiger partial charge in [-0.05, 0) is 25.0 Å². The van der Waals surface area contributed by atoms with E-state index in [0.29, 0.717) is 5.65 Å². The summed E-state index contributed by atoms with van der Waals surface area (Å²) in [6.45, 7) is 1.51. The number of rotatable bonds is 1. The van der Waals surface area contributed by atoms with E-state index in [2.05, 4.69) is 20.2 Å². The molecule has 1 saturated heterocycles. The maximum atomic E-state index is 11.4. The fourth-order valence-electron chi connectivity index (χ4n) is 2.06. The van der Waals surface area contributed by atoms with Crippen molar-refractivity contribution < 1.29 is 5.11 Å². The van der Waals surface area contributed by atoms with E-state index < -0.39 is 0 Å². The van der Waals surface area contributed by atoms with Gasteiger partial charge in [-0.3, -0.25) is 0 Å². The highest BCUT2D eigenvalue weighted by atomic mass is 16.3. The third-order valence-corrected chi connectivity index (χ3v) is 3.05. The van der Waals surface area contributed by atoms with Crippen molar-refractivity contribution in [3.05, 3.63) is 22.6 Å². The summed E-state index contributed by atoms with van der Waals surface area (Å²) in [4.78, 5) is 13.5. The maximum absolute atomic E-state index is 11.4. The van der Waals surface area contributed by atoms with Crippen LogP contribution in [0, 0.1) is 0 Å². The molecule has 17 heavy (non-hydrogen) atoms. The van der Waals surface area contributed by atoms with Crippen molar-refractivity contribution in [2.45, 2.75) is 18.9 Å². The Bertz CT molecular complexity index is 582. The molecule has 2 N–H and O–H groups in total. The number of aliphatic hydroxyl groups excluding tert-OH is 1. The molecule has 2 aromatic rings. The first-order valence-corrected chi connectivity index (χ1v) is 5.61. The van der Waals surface area contributed by atoms with Gasteiger partial charge in [-0.1, -0.05) is 0 Å². The number of hydrogen-bond donors (Lipinski definition) is 2. The Morgan fingerprint density at radius 1 is 1.35 bits per heavy atom. The van der Waals surface area contributed by atoms with E-state index in [1.54, 1.807) is 6.07 Å². The summed E-state index contributed by atoms with van der Waals surface area (Å²) < 4.78 is 1.25. The smallest absolute Gasteiger partial charge is 0.364 e. The van der Waals surface area contributed by atoms with Gasteiger partial charge in [-0.15, -0.1) is 5.10 Å². The molecule has 0 aliphatic carbocycles. The van der Waals surface area contributed by atoms with Crippen LogP contribution in [-0.4, -0.2) is 44.1 Å². The second-order valence-electron chi connectivity index (χ2n) is 4.21. The molecule has 90 valence electrons. The van der Waals surface area contributed by atoms with Crippen LogP contribution in [0.3, 0.4) is 0 Å². The van der Waals surface area contributed by atoms with Gasteiger partial charge in [0.2, 0.25) is 0 Å². The molecule has 0 amide bonds. The minimum absolute atomic E-state index is 0.216. The predicted molar refractivity (Wildman–Crippen MR) is 61.1 cm³/mol. The zero-order chi connectivity index (χ0) is 11.8. The molecule has 7 heteroatoms. The third kappa shape index (κ3) is 1.78. The Kier molecular flexibility index (Phi) is 2.32. The van der Waals surface area contributed by atoms with Gasteiger partial charge in [0, 0.05) is 13.1 Å². The topological polar surface area (TPSA) is 86.5 Å². The first-order valence-electron chi connectivity index (χ1n) is 5.61. The second-order valence-corrected chi connectivity index (χ2v) is 4.21. The van der Waals surface area contributed by atoms with Gasteiger partial charge in [0.25, 0.3) is 0 Å². The lowest BCUT2D eigenvalue weighted by Gasteiger charge is -2.30. The SMILES string of the molecule is O=c1[nH]nc2ccc(N3CCC(O)CC3)nn12. The van der Waals surface area contributed by atoms with Crippen molar-refractivity contribution in [1.82, 2.24) is 19.8 Å². The van der Waals surface area contributed by atoms with E-state index in [4.69, 9.17) is 0 Å². The van der Waals surface area contributed by atoms with Gasteiger partial charge < -0.3 is 10.0 Å². The van der Waals surface area contributed by atoms with Gasteiger partial charge in [-0.25, -0.2) is 9.89 Å². The number of nitrogens with one attached hydrogen (secondary N) is 1. The van der Waals surface area contributed by atoms with Gasteiger partial charge in [0.05, 0.1) is 6.10 Å². The Morgan fingerprint density at radius 3 is 2.88 bits per heavy atom. The van der Waals surface area contributed by atoms with Crippen LogP contribution in [0.25, 0.3) is 5.65 Å². The lowest BCUT2D eigenvalue weighted by atomic mass is 10.1. The molecule has 3 heterocycles. The zero-order valence-corrected chi connectivity index (χ0v) is 9.20. The molecule has 0 atom stereocenters. The predicted octanol–water partition coefficient (Wildman–Crippen LogP) is -0.621. The molecular formula is C10H13N5O2. The van der Waals surface area contributed by atoms with E-state index in [1.807, 2.05) is 6.07 Å². The molecule has 1 fully saturated rings. The number of anilines is 1. The van der Waals surface area contributed by atoms with Gasteiger partial charge in [0.15, 0.2) is 5.65 Å². The van der Waals surface area contributed by atoms with E-state index in [9.17, 15) is 9.90 Å². The number of aromatic nitrogens is 4. The zero-order valence-electron chi connectivity index (χ0n) is 9.20. The summed E-state index contributed by atoms with van der Waals surface area (Å²) in [7, 11) is 0. The molecule has 0 bridgehead atoms. The maximum Gasteiger partial charge on any atom is 0.364 e. The summed E-state index contributed by atoms with van der Waals surface area (Å²) in [5, 5.41) is 19.8. The van der Waals surface area contributed by atoms with Gasteiger partial charge in [-0.2, -0.15) is 9.61 Å². The van der Waals surface area contributed by atoms with Gasteiger partial charge in [0.1, 0.15) is 5.82 Å². The first kappa shape index (κ1) is 10.3. The quantitative estimate of drug-likeness (QED) is 0.688. The van der Waals surface area contributed by atoms with Crippen molar-refractivity contribution in [1.29, 1.82) is 0 Å². The lowest BCUT2D eigenvalue weighted by Crippen LogP contribution is -2.36. The van der Waals surface area contributed by atoms with Crippen LogP contribution in [0.1, 0.15) is 12.8 Å². The van der Waals surface area contributed by atoms with Crippen molar-refractivity contribution in [2.75, 3.05) is 18.0 Å². The van der Waals surface area contributed by atoms with Crippen LogP contribution in [0.2, 0.25) is 0 Å². The molecule has 0 aromatic carbocycles. The largest absolute Gasteiger partial charge is 0.393 e. The number of aliphatic hydroxyl groups is 1. The van der Waals surface area contributed by atoms with Crippen molar-refractivity contribution >= 4 is 11.5 Å². The third-order valence-electron chi connectivity index (χ3n) is 3.05. The van der Waals surface area contributed by atoms with Crippen LogP contribution in [-0.2, 0) is 0 Å². The standard InChI is InChI=1S/C10H13N5O2/c16-7-3-5-14(6-4-7)9-2-1-8-11-12-10(17)15(8)13-9/h1-2,7,16H,3-6H2,(H,12,17). The van der Waals surface area contributed by atoms with Crippen LogP contribution >= 0.6 is 0 Å². The van der Waals surface area contributed by atoms with Gasteiger partial charge >= 0.3 is 5.69 Å². The molecule has 0 spiro atoms. The second kappa shape index (κ2) is 3.85. The normalized spacial score (nSPS) is 17.8. The molecular weight excluding hydrogens is 222 g/mol. The van der Waals surface area contributed by atoms with E-state index >= 15 is 0 Å². The number of aromatic amines is 1. The number of hydrogen-bond acceptors (Lipinski definition) is 5. The molecule has 1 aliphatic rings. The fourth-order valence-corrected chi connectivity index (χ4v) is 2.06. The lowest BCUT2D eigenvalue weighted by molar-refractivity contribution is 0.145. The number of piperidine rings is 1. The summed E-state index contributed by atoms with van der Waals surface area (Å²) >= 11 is 0. The molecule has 0 unspecified atom stereocenters. The average molecular weight is 235 g/mol. The molecule has 3 rings (SSSR count). The number of fused-ring (bicyclic) bond motifs is 1. The fraction of sp³-hybridized carbons (Fsp3) is 0.500. The van der Waals surface area contributed by atoms with E-state index in [-0.39, 0.29) is 11.8 Å². The average Bonchev–Trinajstić information content (AvgIpc) is 2.72. The Labute approximate surface area is 96.7 Å². The highest BCUT2D eigenvalue weighted by Crippen LogP contribution is 2.17. The summed E-state index contributed by atoms with van der Waals surface area (Å²) in [6.07, 6.45) is 1.26. The van der Waals surface area contributed by atoms with Crippen LogP contribution in [0.4, 0.5) is 5.82 Å². The molecule has 1 aliphatic heterocycles. The van der Waals surface area contributed by atoms with Crippen molar-refractivity contribution in [3.63, 3.8) is 0 Å². The molecule has 2 aromatic heterocycles. The minimum atomic E-state index is -0.334. The monoisotopic (exact) mass is 235 g/mol. The Balaban J connectivity index is 1.95. The highest BCUT2D eigenvalue weighted by molar-refractivity contribution is 5.45. The number of nitrogens with zero attached hydrogens (tertiary/aromatic N) is 4. The van der Waals surface area contributed by atoms with Crippen LogP contribution < -0.4 is 10.6 Å². The van der Waals surface area contributed by atoms with Crippen LogP contribution in [0.15, 0.2) is 16.9 Å².